The molecule has 0 aromatic rings. The van der Waals surface area contributed by atoms with Crippen LogP contribution in [0.5, 0.6) is 0 Å². The Labute approximate surface area is 134 Å². The Bertz CT molecular complexity index is 351. The van der Waals surface area contributed by atoms with E-state index in [4.69, 9.17) is 9.47 Å². The third-order valence-electron chi connectivity index (χ3n) is 3.68. The van der Waals surface area contributed by atoms with Crippen LogP contribution in [0.1, 0.15) is 40.0 Å². The second-order valence-electron chi connectivity index (χ2n) is 5.79. The fourth-order valence-corrected chi connectivity index (χ4v) is 2.49. The summed E-state index contributed by atoms with van der Waals surface area (Å²) in [4.78, 5) is 18.5. The van der Waals surface area contributed by atoms with E-state index in [-0.39, 0.29) is 18.0 Å². The van der Waals surface area contributed by atoms with Crippen molar-refractivity contribution in [2.24, 2.45) is 10.9 Å². The number of piperidine rings is 1. The van der Waals surface area contributed by atoms with Gasteiger partial charge in [0.15, 0.2) is 5.96 Å². The molecule has 6 nitrogen and oxygen atoms in total. The Morgan fingerprint density at radius 3 is 2.59 bits per heavy atom. The molecular formula is C16H31N3O3. The molecule has 6 heteroatoms. The molecule has 0 bridgehead atoms. The van der Waals surface area contributed by atoms with Gasteiger partial charge in [-0.05, 0) is 40.0 Å². The van der Waals surface area contributed by atoms with Crippen LogP contribution in [0.25, 0.3) is 0 Å². The van der Waals surface area contributed by atoms with Gasteiger partial charge in [-0.25, -0.2) is 0 Å². The van der Waals surface area contributed by atoms with Crippen LogP contribution in [0.15, 0.2) is 4.99 Å². The summed E-state index contributed by atoms with van der Waals surface area (Å²) >= 11 is 0. The number of esters is 1. The van der Waals surface area contributed by atoms with Crippen LogP contribution < -0.4 is 5.32 Å². The Hall–Kier alpha value is -1.30. The Balaban J connectivity index is 2.41. The van der Waals surface area contributed by atoms with Gasteiger partial charge in [-0.3, -0.25) is 9.79 Å². The largest absolute Gasteiger partial charge is 0.469 e. The number of methoxy groups -OCH3 is 1. The molecule has 0 saturated carbocycles. The summed E-state index contributed by atoms with van der Waals surface area (Å²) in [6.45, 7) is 10.2. The van der Waals surface area contributed by atoms with Gasteiger partial charge >= 0.3 is 5.97 Å². The summed E-state index contributed by atoms with van der Waals surface area (Å²) < 4.78 is 10.4. The summed E-state index contributed by atoms with van der Waals surface area (Å²) in [5.41, 5.74) is 0. The zero-order chi connectivity index (χ0) is 16.4. The lowest BCUT2D eigenvalue weighted by molar-refractivity contribution is -0.146. The monoisotopic (exact) mass is 313 g/mol. The predicted octanol–water partition coefficient (Wildman–Crippen LogP) is 1.65. The van der Waals surface area contributed by atoms with Crippen molar-refractivity contribution in [2.45, 2.75) is 46.1 Å². The molecule has 1 rings (SSSR count). The van der Waals surface area contributed by atoms with Gasteiger partial charge in [-0.1, -0.05) is 0 Å². The van der Waals surface area contributed by atoms with Crippen LogP contribution >= 0.6 is 0 Å². The number of hydrogen-bond donors (Lipinski definition) is 1. The van der Waals surface area contributed by atoms with Gasteiger partial charge < -0.3 is 19.7 Å². The molecule has 0 aliphatic carbocycles. The first-order valence-corrected chi connectivity index (χ1v) is 8.31. The first-order chi connectivity index (χ1) is 10.6. The average Bonchev–Trinajstić information content (AvgIpc) is 2.52. The molecule has 22 heavy (non-hydrogen) atoms. The maximum Gasteiger partial charge on any atom is 0.308 e. The number of guanidine groups is 1. The molecule has 0 aromatic carbocycles. The van der Waals surface area contributed by atoms with E-state index in [9.17, 15) is 4.79 Å². The molecule has 1 N–H and O–H groups in total. The van der Waals surface area contributed by atoms with Crippen LogP contribution in [-0.2, 0) is 14.3 Å². The van der Waals surface area contributed by atoms with Crippen molar-refractivity contribution in [1.29, 1.82) is 0 Å². The van der Waals surface area contributed by atoms with Crippen LogP contribution in [-0.4, -0.2) is 62.8 Å². The van der Waals surface area contributed by atoms with Gasteiger partial charge in [0.2, 0.25) is 0 Å². The zero-order valence-electron chi connectivity index (χ0n) is 14.4. The lowest BCUT2D eigenvalue weighted by Gasteiger charge is -2.33. The normalized spacial score (nSPS) is 17.0. The fourth-order valence-electron chi connectivity index (χ4n) is 2.49. The van der Waals surface area contributed by atoms with E-state index in [2.05, 4.69) is 22.1 Å². The van der Waals surface area contributed by atoms with Crippen molar-refractivity contribution >= 4 is 11.9 Å². The van der Waals surface area contributed by atoms with Crippen molar-refractivity contribution in [3.8, 4) is 0 Å². The highest BCUT2D eigenvalue weighted by molar-refractivity contribution is 5.80. The molecule has 1 aliphatic heterocycles. The number of hydrogen-bond acceptors (Lipinski definition) is 4. The van der Waals surface area contributed by atoms with Crippen LogP contribution in [0.2, 0.25) is 0 Å². The summed E-state index contributed by atoms with van der Waals surface area (Å²) in [6, 6.07) is 0. The van der Waals surface area contributed by atoms with Gasteiger partial charge in [0, 0.05) is 32.8 Å². The van der Waals surface area contributed by atoms with Crippen molar-refractivity contribution in [2.75, 3.05) is 39.9 Å². The molecule has 128 valence electrons. The summed E-state index contributed by atoms with van der Waals surface area (Å²) in [7, 11) is 1.46. The van der Waals surface area contributed by atoms with Gasteiger partial charge in [-0.15, -0.1) is 0 Å². The molecule has 1 saturated heterocycles. The van der Waals surface area contributed by atoms with E-state index in [1.165, 1.54) is 7.11 Å². The fraction of sp³-hybridized carbons (Fsp3) is 0.875. The molecule has 0 unspecified atom stereocenters. The van der Waals surface area contributed by atoms with E-state index in [0.29, 0.717) is 0 Å². The summed E-state index contributed by atoms with van der Waals surface area (Å²) in [6.07, 6.45) is 2.85. The van der Waals surface area contributed by atoms with Gasteiger partial charge in [0.05, 0.1) is 19.1 Å². The lowest BCUT2D eigenvalue weighted by Crippen LogP contribution is -2.46. The number of nitrogens with zero attached hydrogens (tertiary/aromatic N) is 2. The maximum absolute atomic E-state index is 11.6. The van der Waals surface area contributed by atoms with E-state index in [0.717, 1.165) is 58.0 Å². The zero-order valence-corrected chi connectivity index (χ0v) is 14.4. The molecule has 0 radical (unpaired) electrons. The highest BCUT2D eigenvalue weighted by atomic mass is 16.5. The minimum Gasteiger partial charge on any atom is -0.469 e. The number of nitrogens with one attached hydrogen (secondary N) is 1. The quantitative estimate of drug-likeness (QED) is 0.335. The van der Waals surface area contributed by atoms with Crippen molar-refractivity contribution in [1.82, 2.24) is 10.2 Å². The van der Waals surface area contributed by atoms with E-state index in [1.54, 1.807) is 0 Å². The highest BCUT2D eigenvalue weighted by Gasteiger charge is 2.26. The Morgan fingerprint density at radius 2 is 2.05 bits per heavy atom. The van der Waals surface area contributed by atoms with E-state index >= 15 is 0 Å². The Kier molecular flexibility index (Phi) is 8.89. The van der Waals surface area contributed by atoms with Crippen LogP contribution in [0.3, 0.4) is 0 Å². The number of aliphatic imine (C=N–C) groups is 1. The standard InChI is InChI=1S/C16H31N3O3/c1-5-17-16(18-9-6-12-22-13(2)3)19-10-7-14(8-11-19)15(20)21-4/h13-14H,5-12H2,1-4H3,(H,17,18). The van der Waals surface area contributed by atoms with E-state index < -0.39 is 0 Å². The van der Waals surface area contributed by atoms with Crippen molar-refractivity contribution in [3.05, 3.63) is 0 Å². The summed E-state index contributed by atoms with van der Waals surface area (Å²) in [5.74, 6) is 0.881. The lowest BCUT2D eigenvalue weighted by atomic mass is 9.97. The van der Waals surface area contributed by atoms with Crippen molar-refractivity contribution in [3.63, 3.8) is 0 Å². The summed E-state index contributed by atoms with van der Waals surface area (Å²) in [5, 5.41) is 3.33. The predicted molar refractivity (Wildman–Crippen MR) is 88.0 cm³/mol. The number of rotatable bonds is 7. The average molecular weight is 313 g/mol. The third-order valence-corrected chi connectivity index (χ3v) is 3.68. The van der Waals surface area contributed by atoms with E-state index in [1.807, 2.05) is 13.8 Å². The SMILES string of the molecule is CCNC(=NCCCOC(C)C)N1CCC(C(=O)OC)CC1. The molecule has 0 spiro atoms. The van der Waals surface area contributed by atoms with Gasteiger partial charge in [0.1, 0.15) is 0 Å². The highest BCUT2D eigenvalue weighted by Crippen LogP contribution is 2.18. The smallest absolute Gasteiger partial charge is 0.308 e. The molecule has 1 fully saturated rings. The number of carbonyl (C=O) groups is 1. The topological polar surface area (TPSA) is 63.2 Å². The van der Waals surface area contributed by atoms with Gasteiger partial charge in [-0.2, -0.15) is 0 Å². The van der Waals surface area contributed by atoms with Crippen molar-refractivity contribution < 1.29 is 14.3 Å². The minimum absolute atomic E-state index is 0.0311. The molecule has 1 aliphatic rings. The first-order valence-electron chi connectivity index (χ1n) is 8.31. The first kappa shape index (κ1) is 18.7. The maximum atomic E-state index is 11.6. The molecule has 0 amide bonds. The molecule has 0 aromatic heterocycles. The number of likely N-dealkylation sites (tertiary alicyclic amines) is 1. The second-order valence-corrected chi connectivity index (χ2v) is 5.79. The van der Waals surface area contributed by atoms with Crippen LogP contribution in [0.4, 0.5) is 0 Å². The molecule has 1 heterocycles. The third kappa shape index (κ3) is 6.64. The number of ether oxygens (including phenoxy) is 2. The minimum atomic E-state index is -0.0903. The molecular weight excluding hydrogens is 282 g/mol. The van der Waals surface area contributed by atoms with Gasteiger partial charge in [0.25, 0.3) is 0 Å². The van der Waals surface area contributed by atoms with Crippen LogP contribution in [0, 0.1) is 5.92 Å². The Morgan fingerprint density at radius 1 is 1.36 bits per heavy atom. The molecule has 0 atom stereocenters. The number of carbonyl (C=O) groups excluding carboxylic acids is 1. The second kappa shape index (κ2) is 10.4.